The summed E-state index contributed by atoms with van der Waals surface area (Å²) in [6.07, 6.45) is 19.6. The van der Waals surface area contributed by atoms with Gasteiger partial charge in [0, 0.05) is 0 Å². The Bertz CT molecular complexity index is 471. The van der Waals surface area contributed by atoms with Crippen LogP contribution in [-0.2, 0) is 9.53 Å². The Hall–Kier alpha value is -2.09. The number of rotatable bonds is 3. The third kappa shape index (κ3) is 3.18. The fourth-order valence-electron chi connectivity index (χ4n) is 1.76. The van der Waals surface area contributed by atoms with Crippen LogP contribution < -0.4 is 0 Å². The summed E-state index contributed by atoms with van der Waals surface area (Å²) in [6.45, 7) is 0.480. The van der Waals surface area contributed by atoms with Gasteiger partial charge in [0.15, 0.2) is 0 Å². The van der Waals surface area contributed by atoms with Crippen LogP contribution in [-0.4, -0.2) is 6.47 Å². The van der Waals surface area contributed by atoms with Crippen LogP contribution in [0.4, 0.5) is 0 Å². The fraction of sp³-hybridized carbons (Fsp3) is 0.133. The van der Waals surface area contributed by atoms with Crippen LogP contribution in [0.5, 0.6) is 0 Å². The Kier molecular flexibility index (Phi) is 3.92. The molecular formula is C15H14O2. The van der Waals surface area contributed by atoms with Gasteiger partial charge in [-0.1, -0.05) is 48.6 Å². The average Bonchev–Trinajstić information content (AvgIpc) is 2.40. The van der Waals surface area contributed by atoms with Gasteiger partial charge in [-0.15, -0.1) is 0 Å². The monoisotopic (exact) mass is 226 g/mol. The lowest BCUT2D eigenvalue weighted by atomic mass is 10.0. The van der Waals surface area contributed by atoms with E-state index < -0.39 is 0 Å². The molecule has 0 N–H and O–H groups in total. The van der Waals surface area contributed by atoms with Crippen molar-refractivity contribution in [3.8, 4) is 0 Å². The summed E-state index contributed by atoms with van der Waals surface area (Å²) in [5.41, 5.74) is 2.16. The molecule has 0 heterocycles. The van der Waals surface area contributed by atoms with Gasteiger partial charge in [-0.3, -0.25) is 4.79 Å². The minimum Gasteiger partial charge on any atom is -0.428 e. The van der Waals surface area contributed by atoms with Crippen molar-refractivity contribution in [2.24, 2.45) is 0 Å². The van der Waals surface area contributed by atoms with Gasteiger partial charge in [-0.2, -0.15) is 0 Å². The second kappa shape index (κ2) is 5.85. The van der Waals surface area contributed by atoms with E-state index in [0.717, 1.165) is 24.0 Å². The summed E-state index contributed by atoms with van der Waals surface area (Å²) in [5, 5.41) is 0. The summed E-state index contributed by atoms with van der Waals surface area (Å²) in [7, 11) is 0. The van der Waals surface area contributed by atoms with E-state index in [1.807, 2.05) is 48.6 Å². The Morgan fingerprint density at radius 2 is 1.82 bits per heavy atom. The van der Waals surface area contributed by atoms with Crippen LogP contribution in [0.1, 0.15) is 12.8 Å². The summed E-state index contributed by atoms with van der Waals surface area (Å²) in [5.74, 6) is 0.635. The molecule has 0 aliphatic heterocycles. The third-order valence-electron chi connectivity index (χ3n) is 2.60. The van der Waals surface area contributed by atoms with Crippen molar-refractivity contribution in [2.45, 2.75) is 12.8 Å². The molecule has 2 aliphatic rings. The van der Waals surface area contributed by atoms with E-state index in [2.05, 4.69) is 6.08 Å². The molecule has 0 saturated heterocycles. The molecule has 0 fully saturated rings. The maximum absolute atomic E-state index is 10.5. The Morgan fingerprint density at radius 1 is 1.06 bits per heavy atom. The topological polar surface area (TPSA) is 26.3 Å². The normalized spacial score (nSPS) is 22.9. The minimum absolute atomic E-state index is 0.480. The van der Waals surface area contributed by atoms with Gasteiger partial charge in [0.1, 0.15) is 5.76 Å². The van der Waals surface area contributed by atoms with E-state index in [1.54, 1.807) is 0 Å². The molecule has 0 bridgehead atoms. The predicted molar refractivity (Wildman–Crippen MR) is 68.1 cm³/mol. The Labute approximate surface area is 101 Å². The second-order valence-electron chi connectivity index (χ2n) is 3.81. The van der Waals surface area contributed by atoms with Gasteiger partial charge in [-0.25, -0.2) is 0 Å². The Morgan fingerprint density at radius 3 is 2.41 bits per heavy atom. The molecule has 17 heavy (non-hydrogen) atoms. The van der Waals surface area contributed by atoms with Crippen molar-refractivity contribution in [1.29, 1.82) is 0 Å². The molecule has 2 rings (SSSR count). The van der Waals surface area contributed by atoms with Gasteiger partial charge in [0.05, 0.1) is 0 Å². The number of hydrogen-bond acceptors (Lipinski definition) is 2. The van der Waals surface area contributed by atoms with Crippen LogP contribution >= 0.6 is 0 Å². The standard InChI is InChI=1S/C15H14O2/c16-12-17-15(14-9-5-2-6-10-14)11-13-7-3-1-4-8-13/h1-7,9,11-12H,8,10H2/b13-11+,15-14+. The van der Waals surface area contributed by atoms with Crippen molar-refractivity contribution in [3.05, 3.63) is 71.6 Å². The first-order valence-electron chi connectivity index (χ1n) is 5.60. The zero-order chi connectivity index (χ0) is 11.9. The van der Waals surface area contributed by atoms with Crippen molar-refractivity contribution in [1.82, 2.24) is 0 Å². The van der Waals surface area contributed by atoms with Gasteiger partial charge < -0.3 is 4.74 Å². The van der Waals surface area contributed by atoms with Crippen molar-refractivity contribution >= 4 is 6.47 Å². The van der Waals surface area contributed by atoms with Crippen LogP contribution in [0, 0.1) is 0 Å². The number of ether oxygens (including phenoxy) is 1. The number of hydrogen-bond donors (Lipinski definition) is 0. The average molecular weight is 226 g/mol. The first-order valence-corrected chi connectivity index (χ1v) is 5.60. The van der Waals surface area contributed by atoms with E-state index in [4.69, 9.17) is 4.74 Å². The summed E-state index contributed by atoms with van der Waals surface area (Å²) < 4.78 is 5.06. The maximum atomic E-state index is 10.5. The lowest BCUT2D eigenvalue weighted by Crippen LogP contribution is -1.95. The molecule has 0 saturated carbocycles. The van der Waals surface area contributed by atoms with Crippen molar-refractivity contribution in [3.63, 3.8) is 0 Å². The van der Waals surface area contributed by atoms with Crippen molar-refractivity contribution < 1.29 is 9.53 Å². The molecule has 0 unspecified atom stereocenters. The SMILES string of the molecule is O=COC(/C=C1\C=CC=CC1)=C1\C=CC=CC1. The van der Waals surface area contributed by atoms with E-state index >= 15 is 0 Å². The van der Waals surface area contributed by atoms with Crippen LogP contribution in [0.15, 0.2) is 71.6 Å². The van der Waals surface area contributed by atoms with Crippen LogP contribution in [0.2, 0.25) is 0 Å². The number of allylic oxidation sites excluding steroid dienone is 11. The zero-order valence-electron chi connectivity index (χ0n) is 9.50. The molecule has 0 atom stereocenters. The number of carbonyl (C=O) groups excluding carboxylic acids is 1. The summed E-state index contributed by atoms with van der Waals surface area (Å²) >= 11 is 0. The maximum Gasteiger partial charge on any atom is 0.298 e. The highest BCUT2D eigenvalue weighted by molar-refractivity contribution is 5.47. The van der Waals surface area contributed by atoms with E-state index in [1.165, 1.54) is 0 Å². The second-order valence-corrected chi connectivity index (χ2v) is 3.81. The van der Waals surface area contributed by atoms with Gasteiger partial charge in [0.25, 0.3) is 6.47 Å². The van der Waals surface area contributed by atoms with E-state index in [0.29, 0.717) is 12.2 Å². The van der Waals surface area contributed by atoms with Gasteiger partial charge in [-0.05, 0) is 30.1 Å². The largest absolute Gasteiger partial charge is 0.428 e. The van der Waals surface area contributed by atoms with Crippen molar-refractivity contribution in [2.75, 3.05) is 0 Å². The van der Waals surface area contributed by atoms with E-state index in [-0.39, 0.29) is 0 Å². The molecule has 0 aromatic rings. The molecule has 0 aromatic carbocycles. The lowest BCUT2D eigenvalue weighted by molar-refractivity contribution is -0.124. The molecule has 2 aliphatic carbocycles. The quantitative estimate of drug-likeness (QED) is 0.544. The number of carbonyl (C=O) groups is 1. The van der Waals surface area contributed by atoms with E-state index in [9.17, 15) is 4.79 Å². The molecule has 0 spiro atoms. The fourth-order valence-corrected chi connectivity index (χ4v) is 1.76. The minimum atomic E-state index is 0.480. The smallest absolute Gasteiger partial charge is 0.298 e. The lowest BCUT2D eigenvalue weighted by Gasteiger charge is -2.09. The first-order chi connectivity index (χ1) is 8.40. The molecule has 0 radical (unpaired) electrons. The van der Waals surface area contributed by atoms with Crippen LogP contribution in [0.3, 0.4) is 0 Å². The summed E-state index contributed by atoms with van der Waals surface area (Å²) in [6, 6.07) is 0. The van der Waals surface area contributed by atoms with Gasteiger partial charge in [0.2, 0.25) is 0 Å². The first kappa shape index (κ1) is 11.4. The molecule has 0 amide bonds. The molecule has 2 heteroatoms. The van der Waals surface area contributed by atoms with Crippen LogP contribution in [0.25, 0.3) is 0 Å². The van der Waals surface area contributed by atoms with Gasteiger partial charge >= 0.3 is 0 Å². The molecule has 86 valence electrons. The molecule has 0 aromatic heterocycles. The summed E-state index contributed by atoms with van der Waals surface area (Å²) in [4.78, 5) is 10.5. The predicted octanol–water partition coefficient (Wildman–Crippen LogP) is 3.37. The highest BCUT2D eigenvalue weighted by atomic mass is 16.5. The Balaban J connectivity index is 2.26. The molecular weight excluding hydrogens is 212 g/mol. The highest BCUT2D eigenvalue weighted by Gasteiger charge is 2.05. The third-order valence-corrected chi connectivity index (χ3v) is 2.60. The molecule has 2 nitrogen and oxygen atoms in total. The highest BCUT2D eigenvalue weighted by Crippen LogP contribution is 2.20. The zero-order valence-corrected chi connectivity index (χ0v) is 9.50.